The second-order valence-electron chi connectivity index (χ2n) is 6.79. The molecule has 25 heavy (non-hydrogen) atoms. The van der Waals surface area contributed by atoms with Gasteiger partial charge in [-0.05, 0) is 41.3 Å². The topological polar surface area (TPSA) is 75.6 Å². The zero-order valence-corrected chi connectivity index (χ0v) is 14.4. The summed E-state index contributed by atoms with van der Waals surface area (Å²) in [6.07, 6.45) is 3.59. The van der Waals surface area contributed by atoms with Crippen LogP contribution in [0.3, 0.4) is 0 Å². The van der Waals surface area contributed by atoms with Gasteiger partial charge in [0.25, 0.3) is 0 Å². The van der Waals surface area contributed by atoms with Crippen molar-refractivity contribution >= 4 is 22.6 Å². The lowest BCUT2D eigenvalue weighted by molar-refractivity contribution is -0.139. The van der Waals surface area contributed by atoms with Gasteiger partial charge in [0.2, 0.25) is 5.91 Å². The van der Waals surface area contributed by atoms with E-state index in [4.69, 9.17) is 4.74 Å². The molecule has 0 saturated heterocycles. The molecule has 0 spiro atoms. The third-order valence-corrected chi connectivity index (χ3v) is 4.99. The number of methoxy groups -OCH3 is 1. The maximum Gasteiger partial charge on any atom is 0.305 e. The molecule has 1 saturated carbocycles. The second-order valence-corrected chi connectivity index (χ2v) is 6.79. The minimum atomic E-state index is -0.864. The van der Waals surface area contributed by atoms with Gasteiger partial charge in [0.1, 0.15) is 5.75 Å². The van der Waals surface area contributed by atoms with Crippen LogP contribution in [0.15, 0.2) is 36.4 Å². The third-order valence-electron chi connectivity index (χ3n) is 4.99. The molecule has 1 aliphatic rings. The second kappa shape index (κ2) is 7.13. The fourth-order valence-electron chi connectivity index (χ4n) is 3.80. The van der Waals surface area contributed by atoms with Crippen LogP contribution >= 0.6 is 0 Å². The number of rotatable bonds is 6. The monoisotopic (exact) mass is 341 g/mol. The number of carbonyl (C=O) groups is 2. The molecule has 0 aliphatic heterocycles. The molecule has 0 unspecified atom stereocenters. The zero-order valence-electron chi connectivity index (χ0n) is 14.4. The minimum absolute atomic E-state index is 0.0118. The normalized spacial score (nSPS) is 15.9. The zero-order chi connectivity index (χ0) is 17.9. The van der Waals surface area contributed by atoms with Gasteiger partial charge in [-0.3, -0.25) is 9.59 Å². The Balaban J connectivity index is 1.80. The number of amides is 1. The number of carbonyl (C=O) groups excluding carboxylic acids is 1. The van der Waals surface area contributed by atoms with E-state index in [0.717, 1.165) is 47.8 Å². The minimum Gasteiger partial charge on any atom is -0.497 e. The number of nitrogens with one attached hydrogen (secondary N) is 1. The molecular formula is C20H23NO4. The Morgan fingerprint density at radius 3 is 2.64 bits per heavy atom. The standard InChI is InChI=1S/C20H23NO4/c1-25-16-8-7-14-5-4-6-15(17(14)12-16)11-18(22)21-20(13-19(23)24)9-2-3-10-20/h4-8,12H,2-3,9-11,13H2,1H3,(H,21,22)(H,23,24). The molecule has 0 bridgehead atoms. The molecule has 0 atom stereocenters. The van der Waals surface area contributed by atoms with E-state index < -0.39 is 11.5 Å². The number of aliphatic carboxylic acids is 1. The van der Waals surface area contributed by atoms with E-state index in [-0.39, 0.29) is 18.7 Å². The summed E-state index contributed by atoms with van der Waals surface area (Å²) in [7, 11) is 1.62. The van der Waals surface area contributed by atoms with Crippen LogP contribution in [0, 0.1) is 0 Å². The van der Waals surface area contributed by atoms with E-state index in [2.05, 4.69) is 5.32 Å². The van der Waals surface area contributed by atoms with Crippen molar-refractivity contribution in [2.24, 2.45) is 0 Å². The number of ether oxygens (including phenoxy) is 1. The average Bonchev–Trinajstić information content (AvgIpc) is 3.01. The van der Waals surface area contributed by atoms with Gasteiger partial charge in [0, 0.05) is 0 Å². The molecule has 2 aromatic carbocycles. The third kappa shape index (κ3) is 3.92. The van der Waals surface area contributed by atoms with E-state index in [1.807, 2.05) is 36.4 Å². The van der Waals surface area contributed by atoms with E-state index in [0.29, 0.717) is 0 Å². The molecule has 3 rings (SSSR count). The highest BCUT2D eigenvalue weighted by Gasteiger charge is 2.37. The first-order chi connectivity index (χ1) is 12.0. The summed E-state index contributed by atoms with van der Waals surface area (Å²) in [5.41, 5.74) is 0.322. The lowest BCUT2D eigenvalue weighted by atomic mass is 9.92. The Labute approximate surface area is 147 Å². The summed E-state index contributed by atoms with van der Waals surface area (Å²) in [6.45, 7) is 0. The van der Waals surface area contributed by atoms with Crippen molar-refractivity contribution in [1.29, 1.82) is 0 Å². The Morgan fingerprint density at radius 1 is 1.20 bits per heavy atom. The van der Waals surface area contributed by atoms with Crippen LogP contribution in [0.5, 0.6) is 5.75 Å². The molecule has 2 aromatic rings. The number of hydrogen-bond donors (Lipinski definition) is 2. The van der Waals surface area contributed by atoms with Gasteiger partial charge < -0.3 is 15.2 Å². The lowest BCUT2D eigenvalue weighted by Gasteiger charge is -2.28. The van der Waals surface area contributed by atoms with Gasteiger partial charge in [0.05, 0.1) is 25.5 Å². The predicted molar refractivity (Wildman–Crippen MR) is 95.8 cm³/mol. The molecule has 1 amide bonds. The quantitative estimate of drug-likeness (QED) is 0.845. The molecule has 132 valence electrons. The Morgan fingerprint density at radius 2 is 1.96 bits per heavy atom. The van der Waals surface area contributed by atoms with E-state index in [1.165, 1.54) is 0 Å². The summed E-state index contributed by atoms with van der Waals surface area (Å²) < 4.78 is 5.28. The van der Waals surface area contributed by atoms with Gasteiger partial charge in [-0.2, -0.15) is 0 Å². The number of hydrogen-bond acceptors (Lipinski definition) is 3. The van der Waals surface area contributed by atoms with Gasteiger partial charge >= 0.3 is 5.97 Å². The Kier molecular flexibility index (Phi) is 4.93. The van der Waals surface area contributed by atoms with Crippen LogP contribution in [-0.2, 0) is 16.0 Å². The summed E-state index contributed by atoms with van der Waals surface area (Å²) in [6, 6.07) is 11.7. The van der Waals surface area contributed by atoms with Crippen LogP contribution in [0.4, 0.5) is 0 Å². The highest BCUT2D eigenvalue weighted by molar-refractivity contribution is 5.91. The van der Waals surface area contributed by atoms with E-state index in [1.54, 1.807) is 7.11 Å². The predicted octanol–water partition coefficient (Wildman–Crippen LogP) is 3.29. The van der Waals surface area contributed by atoms with Crippen molar-refractivity contribution in [3.8, 4) is 5.75 Å². The van der Waals surface area contributed by atoms with Crippen molar-refractivity contribution < 1.29 is 19.4 Å². The van der Waals surface area contributed by atoms with Gasteiger partial charge in [0.15, 0.2) is 0 Å². The smallest absolute Gasteiger partial charge is 0.305 e. The van der Waals surface area contributed by atoms with Crippen molar-refractivity contribution in [2.45, 2.75) is 44.1 Å². The summed E-state index contributed by atoms with van der Waals surface area (Å²) in [4.78, 5) is 23.8. The summed E-state index contributed by atoms with van der Waals surface area (Å²) in [5.74, 6) is -0.242. The fourth-order valence-corrected chi connectivity index (χ4v) is 3.80. The summed E-state index contributed by atoms with van der Waals surface area (Å²) in [5, 5.41) is 14.2. The number of benzene rings is 2. The highest BCUT2D eigenvalue weighted by Crippen LogP contribution is 2.33. The molecule has 5 heteroatoms. The van der Waals surface area contributed by atoms with E-state index >= 15 is 0 Å². The van der Waals surface area contributed by atoms with Gasteiger partial charge in [-0.15, -0.1) is 0 Å². The van der Waals surface area contributed by atoms with Crippen molar-refractivity contribution in [1.82, 2.24) is 5.32 Å². The van der Waals surface area contributed by atoms with Crippen molar-refractivity contribution in [2.75, 3.05) is 7.11 Å². The van der Waals surface area contributed by atoms with Crippen molar-refractivity contribution in [3.63, 3.8) is 0 Å². The average molecular weight is 341 g/mol. The Hall–Kier alpha value is -2.56. The fraction of sp³-hybridized carbons (Fsp3) is 0.400. The van der Waals surface area contributed by atoms with Crippen LogP contribution in [0.25, 0.3) is 10.8 Å². The molecule has 0 aromatic heterocycles. The largest absolute Gasteiger partial charge is 0.497 e. The highest BCUT2D eigenvalue weighted by atomic mass is 16.5. The first-order valence-electron chi connectivity index (χ1n) is 8.60. The molecule has 5 nitrogen and oxygen atoms in total. The first kappa shape index (κ1) is 17.3. The number of fused-ring (bicyclic) bond motifs is 1. The number of carboxylic acid groups (broad SMARTS) is 1. The molecule has 2 N–H and O–H groups in total. The van der Waals surface area contributed by atoms with E-state index in [9.17, 15) is 14.7 Å². The summed E-state index contributed by atoms with van der Waals surface area (Å²) >= 11 is 0. The van der Waals surface area contributed by atoms with Gasteiger partial charge in [-0.1, -0.05) is 37.1 Å². The van der Waals surface area contributed by atoms with Crippen LogP contribution in [0.2, 0.25) is 0 Å². The molecule has 0 heterocycles. The molecule has 0 radical (unpaired) electrons. The van der Waals surface area contributed by atoms with Crippen molar-refractivity contribution in [3.05, 3.63) is 42.0 Å². The maximum absolute atomic E-state index is 12.6. The van der Waals surface area contributed by atoms with Crippen LogP contribution < -0.4 is 10.1 Å². The Bertz CT molecular complexity index is 793. The number of carboxylic acids is 1. The molecule has 1 aliphatic carbocycles. The van der Waals surface area contributed by atoms with Crippen LogP contribution in [0.1, 0.15) is 37.7 Å². The van der Waals surface area contributed by atoms with Crippen LogP contribution in [-0.4, -0.2) is 29.6 Å². The molecule has 1 fully saturated rings. The maximum atomic E-state index is 12.6. The van der Waals surface area contributed by atoms with Gasteiger partial charge in [-0.25, -0.2) is 0 Å². The first-order valence-corrected chi connectivity index (χ1v) is 8.60. The lowest BCUT2D eigenvalue weighted by Crippen LogP contribution is -2.48. The molecular weight excluding hydrogens is 318 g/mol. The SMILES string of the molecule is COc1ccc2cccc(CC(=O)NC3(CC(=O)O)CCCC3)c2c1.